The number of benzene rings is 2. The summed E-state index contributed by atoms with van der Waals surface area (Å²) in [5.74, 6) is -1.46. The Morgan fingerprint density at radius 2 is 1.66 bits per heavy atom. The van der Waals surface area contributed by atoms with E-state index in [1.54, 1.807) is 0 Å². The zero-order chi connectivity index (χ0) is 28.0. The minimum Gasteiger partial charge on any atom is -0.487 e. The topological polar surface area (TPSA) is 110 Å². The summed E-state index contributed by atoms with van der Waals surface area (Å²) < 4.78 is 116. The molecular formula is C23H18F6N2O6S. The second-order valence-electron chi connectivity index (χ2n) is 8.34. The lowest BCUT2D eigenvalue weighted by Gasteiger charge is -2.36. The Bertz CT molecular complexity index is 1430. The maximum absolute atomic E-state index is 13.2. The first-order valence-corrected chi connectivity index (χ1v) is 12.2. The number of sulfonamides is 1. The number of rotatable bonds is 7. The van der Waals surface area contributed by atoms with Crippen molar-refractivity contribution in [2.45, 2.75) is 43.2 Å². The highest BCUT2D eigenvalue weighted by Gasteiger charge is 2.43. The molecule has 1 aliphatic rings. The summed E-state index contributed by atoms with van der Waals surface area (Å²) in [6, 6.07) is 4.90. The van der Waals surface area contributed by atoms with E-state index < -0.39 is 57.0 Å². The van der Waals surface area contributed by atoms with Gasteiger partial charge >= 0.3 is 18.3 Å². The van der Waals surface area contributed by atoms with Gasteiger partial charge in [0, 0.05) is 12.1 Å². The molecule has 0 bridgehead atoms. The third-order valence-corrected chi connectivity index (χ3v) is 7.71. The minimum absolute atomic E-state index is 0.00299. The van der Waals surface area contributed by atoms with Crippen molar-refractivity contribution >= 4 is 16.0 Å². The third-order valence-electron chi connectivity index (χ3n) is 5.79. The molecule has 1 N–H and O–H groups in total. The van der Waals surface area contributed by atoms with Gasteiger partial charge in [0.05, 0.1) is 16.0 Å². The van der Waals surface area contributed by atoms with Crippen LogP contribution in [0.2, 0.25) is 0 Å². The van der Waals surface area contributed by atoms with Crippen LogP contribution in [-0.4, -0.2) is 41.4 Å². The molecule has 0 aliphatic carbocycles. The lowest BCUT2D eigenvalue weighted by Crippen LogP contribution is -2.54. The number of aliphatic carboxylic acids is 1. The number of ether oxygens (including phenoxy) is 1. The van der Waals surface area contributed by atoms with Gasteiger partial charge in [-0.3, -0.25) is 4.79 Å². The van der Waals surface area contributed by atoms with Crippen molar-refractivity contribution in [2.24, 2.45) is 0 Å². The highest BCUT2D eigenvalue weighted by Crippen LogP contribution is 2.39. The zero-order valence-corrected chi connectivity index (χ0v) is 20.1. The lowest BCUT2D eigenvalue weighted by atomic mass is 10.0. The third kappa shape index (κ3) is 5.48. The molecule has 0 amide bonds. The molecule has 204 valence electrons. The van der Waals surface area contributed by atoms with E-state index in [-0.39, 0.29) is 47.7 Å². The van der Waals surface area contributed by atoms with E-state index in [0.717, 1.165) is 4.31 Å². The number of hydrogen-bond acceptors (Lipinski definition) is 6. The van der Waals surface area contributed by atoms with Crippen molar-refractivity contribution in [2.75, 3.05) is 6.54 Å². The fraction of sp³-hybridized carbons (Fsp3) is 0.304. The van der Waals surface area contributed by atoms with Crippen LogP contribution in [0.1, 0.15) is 29.0 Å². The van der Waals surface area contributed by atoms with Crippen molar-refractivity contribution < 1.29 is 53.8 Å². The van der Waals surface area contributed by atoms with Crippen molar-refractivity contribution in [3.8, 4) is 17.2 Å². The highest BCUT2D eigenvalue weighted by molar-refractivity contribution is 7.89. The predicted molar refractivity (Wildman–Crippen MR) is 117 cm³/mol. The van der Waals surface area contributed by atoms with Crippen LogP contribution in [-0.2, 0) is 33.8 Å². The number of carboxylic acid groups (broad SMARTS) is 1. The molecule has 2 aromatic carbocycles. The van der Waals surface area contributed by atoms with Crippen LogP contribution in [0.4, 0.5) is 26.3 Å². The molecule has 1 aromatic heterocycles. The molecule has 4 rings (SSSR count). The fourth-order valence-corrected chi connectivity index (χ4v) is 5.28. The average molecular weight is 564 g/mol. The van der Waals surface area contributed by atoms with Gasteiger partial charge < -0.3 is 14.3 Å². The van der Waals surface area contributed by atoms with Gasteiger partial charge in [-0.15, -0.1) is 0 Å². The summed E-state index contributed by atoms with van der Waals surface area (Å²) >= 11 is 0. The monoisotopic (exact) mass is 564 g/mol. The van der Waals surface area contributed by atoms with Crippen LogP contribution < -0.4 is 4.74 Å². The van der Waals surface area contributed by atoms with Crippen LogP contribution in [0, 0.1) is 6.92 Å². The van der Waals surface area contributed by atoms with Crippen molar-refractivity contribution in [3.63, 3.8) is 0 Å². The summed E-state index contributed by atoms with van der Waals surface area (Å²) in [4.78, 5) is 15.0. The summed E-state index contributed by atoms with van der Waals surface area (Å²) in [5.41, 5.74) is -3.47. The maximum atomic E-state index is 13.2. The highest BCUT2D eigenvalue weighted by atomic mass is 32.2. The second-order valence-corrected chi connectivity index (χ2v) is 10.2. The molecule has 1 atom stereocenters. The molecule has 3 aromatic rings. The Balaban J connectivity index is 1.51. The largest absolute Gasteiger partial charge is 0.487 e. The Labute approximate surface area is 211 Å². The van der Waals surface area contributed by atoms with Gasteiger partial charge in [0.2, 0.25) is 15.9 Å². The maximum Gasteiger partial charge on any atom is 0.416 e. The van der Waals surface area contributed by atoms with Gasteiger partial charge in [-0.2, -0.15) is 30.6 Å². The summed E-state index contributed by atoms with van der Waals surface area (Å²) in [5, 5.41) is 9.09. The molecule has 2 heterocycles. The van der Waals surface area contributed by atoms with Gasteiger partial charge in [-0.1, -0.05) is 0 Å². The van der Waals surface area contributed by atoms with Crippen molar-refractivity contribution in [3.05, 3.63) is 65.0 Å². The zero-order valence-electron chi connectivity index (χ0n) is 19.3. The number of halogens is 6. The van der Waals surface area contributed by atoms with E-state index in [4.69, 9.17) is 14.3 Å². The molecule has 8 nitrogen and oxygen atoms in total. The summed E-state index contributed by atoms with van der Waals surface area (Å²) in [6.45, 7) is 1.18. The standard InChI is InChI=1S/C23H18F6N2O6S/c1-12-18(30-20(37-12)13-8-14(22(24,25)26)10-15(9-13)23(27,28)29)11-36-16-2-4-17(5-3-16)38(34,35)31-7-6-19(31)21(32)33/h2-5,8-10,19H,6-7,11H2,1H3,(H,32,33)/t19-/m1/s1. The van der Waals surface area contributed by atoms with E-state index in [1.807, 2.05) is 0 Å². The minimum atomic E-state index is -5.03. The summed E-state index contributed by atoms with van der Waals surface area (Å²) in [6.07, 6.45) is -9.87. The molecule has 1 fully saturated rings. The van der Waals surface area contributed by atoms with Crippen LogP contribution in [0.25, 0.3) is 11.5 Å². The van der Waals surface area contributed by atoms with Crippen LogP contribution in [0.3, 0.4) is 0 Å². The molecule has 0 unspecified atom stereocenters. The molecule has 0 radical (unpaired) electrons. The summed E-state index contributed by atoms with van der Waals surface area (Å²) in [7, 11) is -4.03. The number of aromatic nitrogens is 1. The smallest absolute Gasteiger partial charge is 0.416 e. The number of hydrogen-bond donors (Lipinski definition) is 1. The average Bonchev–Trinajstić information content (AvgIpc) is 3.15. The molecule has 1 saturated heterocycles. The van der Waals surface area contributed by atoms with Gasteiger partial charge in [-0.25, -0.2) is 13.4 Å². The molecular weight excluding hydrogens is 546 g/mol. The van der Waals surface area contributed by atoms with E-state index in [0.29, 0.717) is 12.1 Å². The molecule has 0 saturated carbocycles. The number of alkyl halides is 6. The van der Waals surface area contributed by atoms with Crippen molar-refractivity contribution in [1.82, 2.24) is 9.29 Å². The van der Waals surface area contributed by atoms with E-state index in [9.17, 15) is 39.6 Å². The SMILES string of the molecule is Cc1oc(-c2cc(C(F)(F)F)cc(C(F)(F)F)c2)nc1COc1ccc(S(=O)(=O)N2CC[C@@H]2C(=O)O)cc1. The van der Waals surface area contributed by atoms with Crippen LogP contribution in [0.5, 0.6) is 5.75 Å². The van der Waals surface area contributed by atoms with Gasteiger partial charge in [0.15, 0.2) is 0 Å². The number of nitrogens with zero attached hydrogens (tertiary/aromatic N) is 2. The number of oxazole rings is 1. The fourth-order valence-electron chi connectivity index (χ4n) is 3.66. The first kappa shape index (κ1) is 27.4. The molecule has 0 spiro atoms. The quantitative estimate of drug-likeness (QED) is 0.397. The lowest BCUT2D eigenvalue weighted by molar-refractivity contribution is -0.145. The van der Waals surface area contributed by atoms with E-state index in [2.05, 4.69) is 4.98 Å². The van der Waals surface area contributed by atoms with Crippen LogP contribution >= 0.6 is 0 Å². The van der Waals surface area contributed by atoms with Gasteiger partial charge in [0.1, 0.15) is 29.9 Å². The van der Waals surface area contributed by atoms with E-state index >= 15 is 0 Å². The number of carboxylic acids is 1. The Kier molecular flexibility index (Phi) is 6.95. The molecule has 15 heteroatoms. The Morgan fingerprint density at radius 3 is 2.13 bits per heavy atom. The van der Waals surface area contributed by atoms with Crippen LogP contribution in [0.15, 0.2) is 51.8 Å². The second kappa shape index (κ2) is 9.62. The van der Waals surface area contributed by atoms with Gasteiger partial charge in [-0.05, 0) is 55.8 Å². The number of aryl methyl sites for hydroxylation is 1. The first-order chi connectivity index (χ1) is 17.6. The first-order valence-electron chi connectivity index (χ1n) is 10.8. The molecule has 1 aliphatic heterocycles. The van der Waals surface area contributed by atoms with Gasteiger partial charge in [0.25, 0.3) is 0 Å². The predicted octanol–water partition coefficient (Wildman–Crippen LogP) is 5.11. The van der Waals surface area contributed by atoms with Crippen molar-refractivity contribution in [1.29, 1.82) is 0 Å². The van der Waals surface area contributed by atoms with E-state index in [1.165, 1.54) is 31.2 Å². The Hall–Kier alpha value is -3.59. The normalized spacial score (nSPS) is 16.8. The Morgan fingerprint density at radius 1 is 1.08 bits per heavy atom. The number of carbonyl (C=O) groups is 1. The molecule has 38 heavy (non-hydrogen) atoms.